The molecule has 0 heterocycles. The highest BCUT2D eigenvalue weighted by atomic mass is 16.5. The molecule has 0 aliphatic carbocycles. The van der Waals surface area contributed by atoms with Gasteiger partial charge in [0.15, 0.2) is 0 Å². The Labute approximate surface area is 84.5 Å². The van der Waals surface area contributed by atoms with Crippen LogP contribution in [0.2, 0.25) is 0 Å². The van der Waals surface area contributed by atoms with Crippen LogP contribution < -0.4 is 0 Å². The summed E-state index contributed by atoms with van der Waals surface area (Å²) < 4.78 is 5.06. The Hall–Kier alpha value is -1.30. The monoisotopic (exact) mass is 190 g/mol. The van der Waals surface area contributed by atoms with Crippen LogP contribution in [0, 0.1) is 11.8 Å². The van der Waals surface area contributed by atoms with E-state index in [4.69, 9.17) is 9.84 Å². The largest absolute Gasteiger partial charge is 0.395 e. The van der Waals surface area contributed by atoms with Crippen LogP contribution in [-0.4, -0.2) is 18.8 Å². The van der Waals surface area contributed by atoms with Crippen LogP contribution in [0.15, 0.2) is 24.3 Å². The van der Waals surface area contributed by atoms with Gasteiger partial charge < -0.3 is 9.84 Å². The topological polar surface area (TPSA) is 29.5 Å². The van der Waals surface area contributed by atoms with Crippen molar-refractivity contribution in [2.24, 2.45) is 0 Å². The Morgan fingerprint density at radius 3 is 2.86 bits per heavy atom. The van der Waals surface area contributed by atoms with E-state index in [1.54, 1.807) is 7.11 Å². The summed E-state index contributed by atoms with van der Waals surface area (Å²) in [5, 5.41) is 8.59. The molecule has 0 saturated heterocycles. The minimum atomic E-state index is 0.111. The molecule has 1 rings (SSSR count). The molecule has 14 heavy (non-hydrogen) atoms. The smallest absolute Gasteiger partial charge is 0.0725 e. The fourth-order valence-electron chi connectivity index (χ4n) is 1.14. The molecule has 0 aromatic heterocycles. The lowest BCUT2D eigenvalue weighted by Crippen LogP contribution is -1.91. The Morgan fingerprint density at radius 1 is 1.36 bits per heavy atom. The molecule has 0 radical (unpaired) electrons. The summed E-state index contributed by atoms with van der Waals surface area (Å²) in [4.78, 5) is 0. The highest BCUT2D eigenvalue weighted by Crippen LogP contribution is 2.08. The van der Waals surface area contributed by atoms with Gasteiger partial charge in [0.25, 0.3) is 0 Å². The molecule has 0 bridgehead atoms. The molecule has 0 unspecified atom stereocenters. The molecule has 1 aromatic carbocycles. The van der Waals surface area contributed by atoms with E-state index in [0.29, 0.717) is 13.0 Å². The molecule has 0 aliphatic heterocycles. The maximum absolute atomic E-state index is 8.59. The van der Waals surface area contributed by atoms with Crippen LogP contribution >= 0.6 is 0 Å². The lowest BCUT2D eigenvalue weighted by molar-refractivity contribution is 0.184. The van der Waals surface area contributed by atoms with Gasteiger partial charge in [-0.05, 0) is 11.6 Å². The van der Waals surface area contributed by atoms with Crippen molar-refractivity contribution in [2.45, 2.75) is 13.0 Å². The van der Waals surface area contributed by atoms with Crippen molar-refractivity contribution in [3.63, 3.8) is 0 Å². The predicted molar refractivity (Wildman–Crippen MR) is 55.7 cm³/mol. The third-order valence-electron chi connectivity index (χ3n) is 1.78. The van der Waals surface area contributed by atoms with Crippen LogP contribution in [0.3, 0.4) is 0 Å². The van der Waals surface area contributed by atoms with Gasteiger partial charge in [0.2, 0.25) is 0 Å². The third kappa shape index (κ3) is 3.21. The third-order valence-corrected chi connectivity index (χ3v) is 1.78. The first-order valence-electron chi connectivity index (χ1n) is 4.55. The molecule has 0 amide bonds. The van der Waals surface area contributed by atoms with Gasteiger partial charge in [-0.25, -0.2) is 0 Å². The zero-order valence-electron chi connectivity index (χ0n) is 8.29. The zero-order chi connectivity index (χ0) is 10.2. The van der Waals surface area contributed by atoms with Crippen molar-refractivity contribution in [1.82, 2.24) is 0 Å². The van der Waals surface area contributed by atoms with Gasteiger partial charge in [-0.2, -0.15) is 0 Å². The Balaban J connectivity index is 2.80. The van der Waals surface area contributed by atoms with Gasteiger partial charge in [0, 0.05) is 19.1 Å². The molecular formula is C12H14O2. The normalized spacial score (nSPS) is 9.29. The minimum absolute atomic E-state index is 0.111. The van der Waals surface area contributed by atoms with Crippen LogP contribution in [-0.2, 0) is 11.3 Å². The highest BCUT2D eigenvalue weighted by Gasteiger charge is 1.96. The molecule has 0 aliphatic rings. The molecule has 0 fully saturated rings. The summed E-state index contributed by atoms with van der Waals surface area (Å²) in [6.45, 7) is 0.684. The molecule has 2 heteroatoms. The fourth-order valence-corrected chi connectivity index (χ4v) is 1.14. The summed E-state index contributed by atoms with van der Waals surface area (Å²) in [6.07, 6.45) is 0.515. The summed E-state index contributed by atoms with van der Waals surface area (Å²) in [7, 11) is 1.66. The molecular weight excluding hydrogens is 176 g/mol. The van der Waals surface area contributed by atoms with Crippen molar-refractivity contribution in [2.75, 3.05) is 13.7 Å². The van der Waals surface area contributed by atoms with Crippen molar-refractivity contribution >= 4 is 0 Å². The summed E-state index contributed by atoms with van der Waals surface area (Å²) in [5.41, 5.74) is 2.06. The molecule has 2 nitrogen and oxygen atoms in total. The molecule has 1 N–H and O–H groups in total. The second kappa shape index (κ2) is 6.20. The first-order chi connectivity index (χ1) is 6.88. The summed E-state index contributed by atoms with van der Waals surface area (Å²) >= 11 is 0. The highest BCUT2D eigenvalue weighted by molar-refractivity contribution is 5.40. The van der Waals surface area contributed by atoms with Crippen LogP contribution in [0.25, 0.3) is 0 Å². The quantitative estimate of drug-likeness (QED) is 0.733. The van der Waals surface area contributed by atoms with Crippen LogP contribution in [0.1, 0.15) is 17.5 Å². The second-order valence-corrected chi connectivity index (χ2v) is 2.87. The van der Waals surface area contributed by atoms with Gasteiger partial charge in [-0.15, -0.1) is 0 Å². The van der Waals surface area contributed by atoms with E-state index in [9.17, 15) is 0 Å². The average Bonchev–Trinajstić information content (AvgIpc) is 2.21. The molecule has 0 spiro atoms. The molecule has 0 atom stereocenters. The minimum Gasteiger partial charge on any atom is -0.395 e. The lowest BCUT2D eigenvalue weighted by atomic mass is 10.1. The Morgan fingerprint density at radius 2 is 2.14 bits per heavy atom. The van der Waals surface area contributed by atoms with Crippen molar-refractivity contribution in [3.05, 3.63) is 35.4 Å². The first-order valence-corrected chi connectivity index (χ1v) is 4.55. The van der Waals surface area contributed by atoms with E-state index in [2.05, 4.69) is 11.8 Å². The van der Waals surface area contributed by atoms with Crippen molar-refractivity contribution in [1.29, 1.82) is 0 Å². The van der Waals surface area contributed by atoms with Crippen molar-refractivity contribution < 1.29 is 9.84 Å². The number of hydrogen-bond donors (Lipinski definition) is 1. The van der Waals surface area contributed by atoms with Gasteiger partial charge in [0.1, 0.15) is 0 Å². The lowest BCUT2D eigenvalue weighted by Gasteiger charge is -2.01. The van der Waals surface area contributed by atoms with Gasteiger partial charge in [-0.3, -0.25) is 0 Å². The summed E-state index contributed by atoms with van der Waals surface area (Å²) in [6, 6.07) is 7.86. The zero-order valence-corrected chi connectivity index (χ0v) is 8.29. The molecule has 74 valence electrons. The summed E-state index contributed by atoms with van der Waals surface area (Å²) in [5.74, 6) is 5.90. The van der Waals surface area contributed by atoms with E-state index in [1.165, 1.54) is 0 Å². The molecule has 0 saturated carbocycles. The predicted octanol–water partition coefficient (Wildman–Crippen LogP) is 1.57. The number of benzene rings is 1. The van der Waals surface area contributed by atoms with Crippen LogP contribution in [0.4, 0.5) is 0 Å². The van der Waals surface area contributed by atoms with Crippen LogP contribution in [0.5, 0.6) is 0 Å². The number of aliphatic hydroxyl groups is 1. The number of methoxy groups -OCH3 is 1. The number of hydrogen-bond acceptors (Lipinski definition) is 2. The Kier molecular flexibility index (Phi) is 4.77. The molecule has 1 aromatic rings. The SMILES string of the molecule is COCc1ccccc1C#CCCO. The maximum atomic E-state index is 8.59. The average molecular weight is 190 g/mol. The van der Waals surface area contributed by atoms with Gasteiger partial charge in [-0.1, -0.05) is 30.0 Å². The van der Waals surface area contributed by atoms with E-state index in [0.717, 1.165) is 11.1 Å². The van der Waals surface area contributed by atoms with E-state index in [-0.39, 0.29) is 6.61 Å². The van der Waals surface area contributed by atoms with Gasteiger partial charge in [0.05, 0.1) is 13.2 Å². The second-order valence-electron chi connectivity index (χ2n) is 2.87. The van der Waals surface area contributed by atoms with Crippen molar-refractivity contribution in [3.8, 4) is 11.8 Å². The van der Waals surface area contributed by atoms with E-state index < -0.39 is 0 Å². The standard InChI is InChI=1S/C12H14O2/c1-14-10-12-8-3-2-6-11(12)7-4-5-9-13/h2-3,6,8,13H,5,9-10H2,1H3. The number of aliphatic hydroxyl groups excluding tert-OH is 1. The van der Waals surface area contributed by atoms with E-state index >= 15 is 0 Å². The van der Waals surface area contributed by atoms with E-state index in [1.807, 2.05) is 24.3 Å². The Bertz CT molecular complexity index is 334. The number of rotatable bonds is 3. The van der Waals surface area contributed by atoms with Gasteiger partial charge >= 0.3 is 0 Å². The maximum Gasteiger partial charge on any atom is 0.0725 e. The first kappa shape index (κ1) is 10.8. The number of ether oxygens (including phenoxy) is 1. The fraction of sp³-hybridized carbons (Fsp3) is 0.333.